The van der Waals surface area contributed by atoms with Crippen LogP contribution in [0, 0.1) is 0 Å². The van der Waals surface area contributed by atoms with Crippen molar-refractivity contribution in [2.75, 3.05) is 6.61 Å². The van der Waals surface area contributed by atoms with Crippen LogP contribution >= 0.6 is 11.6 Å². The van der Waals surface area contributed by atoms with Crippen LogP contribution in [0.3, 0.4) is 0 Å². The fourth-order valence-electron chi connectivity index (χ4n) is 2.40. The number of fused-ring (bicyclic) bond motifs is 1. The number of halogens is 1. The van der Waals surface area contributed by atoms with E-state index in [1.807, 2.05) is 6.92 Å². The second-order valence-electron chi connectivity index (χ2n) is 6.07. The summed E-state index contributed by atoms with van der Waals surface area (Å²) in [7, 11) is 0. The van der Waals surface area contributed by atoms with Crippen LogP contribution in [0.4, 0.5) is 0 Å². The third-order valence-corrected chi connectivity index (χ3v) is 4.32. The minimum Gasteiger partial charge on any atom is -0.476 e. The zero-order valence-corrected chi connectivity index (χ0v) is 16.1. The lowest BCUT2D eigenvalue weighted by molar-refractivity contribution is -0.160. The van der Waals surface area contributed by atoms with Gasteiger partial charge in [0.1, 0.15) is 17.0 Å². The molecular formula is C20H20ClNO5. The molecule has 142 valence electrons. The summed E-state index contributed by atoms with van der Waals surface area (Å²) in [5.74, 6) is 0.663. The maximum atomic E-state index is 12.1. The maximum absolute atomic E-state index is 12.1. The summed E-state index contributed by atoms with van der Waals surface area (Å²) >= 11 is 5.94. The highest BCUT2D eigenvalue weighted by atomic mass is 35.5. The van der Waals surface area contributed by atoms with Gasteiger partial charge in [0.25, 0.3) is 0 Å². The fraction of sp³-hybridized carbons (Fsp3) is 0.300. The van der Waals surface area contributed by atoms with Gasteiger partial charge < -0.3 is 18.6 Å². The Bertz CT molecular complexity index is 937. The first kappa shape index (κ1) is 19.0. The minimum atomic E-state index is -1.04. The number of ether oxygens (including phenoxy) is 3. The van der Waals surface area contributed by atoms with Gasteiger partial charge in [0.15, 0.2) is 5.58 Å². The van der Waals surface area contributed by atoms with Crippen molar-refractivity contribution in [2.45, 2.75) is 32.8 Å². The number of rotatable bonds is 7. The van der Waals surface area contributed by atoms with Crippen LogP contribution in [0.15, 0.2) is 46.9 Å². The summed E-state index contributed by atoms with van der Waals surface area (Å²) in [6, 6.07) is 12.0. The van der Waals surface area contributed by atoms with Gasteiger partial charge in [-0.25, -0.2) is 4.79 Å². The summed E-state index contributed by atoms with van der Waals surface area (Å²) in [4.78, 5) is 16.4. The highest BCUT2D eigenvalue weighted by molar-refractivity contribution is 6.31. The molecule has 27 heavy (non-hydrogen) atoms. The third kappa shape index (κ3) is 4.34. The third-order valence-electron chi connectivity index (χ3n) is 4.08. The van der Waals surface area contributed by atoms with E-state index >= 15 is 0 Å². The molecule has 0 spiro atoms. The van der Waals surface area contributed by atoms with Crippen molar-refractivity contribution in [3.05, 3.63) is 47.5 Å². The molecule has 1 atom stereocenters. The molecule has 2 aromatic carbocycles. The van der Waals surface area contributed by atoms with Crippen molar-refractivity contribution < 1.29 is 23.4 Å². The Kier molecular flexibility index (Phi) is 5.56. The lowest BCUT2D eigenvalue weighted by Gasteiger charge is -2.27. The molecule has 1 unspecified atom stereocenters. The number of carbonyl (C=O) groups excluding carboxylic acids is 1. The Labute approximate surface area is 162 Å². The fourth-order valence-corrected chi connectivity index (χ4v) is 2.56. The van der Waals surface area contributed by atoms with E-state index in [0.717, 1.165) is 0 Å². The van der Waals surface area contributed by atoms with E-state index in [1.165, 1.54) is 0 Å². The SMILES string of the molecule is CCOC(=O)C(C)(CC)Oc1ccc(Oc2nc3ccc(Cl)cc3o2)cc1. The van der Waals surface area contributed by atoms with Crippen molar-refractivity contribution in [3.63, 3.8) is 0 Å². The highest BCUT2D eigenvalue weighted by Gasteiger charge is 2.35. The van der Waals surface area contributed by atoms with Crippen molar-refractivity contribution in [1.82, 2.24) is 4.98 Å². The lowest BCUT2D eigenvalue weighted by atomic mass is 10.0. The molecule has 0 N–H and O–H groups in total. The molecule has 3 aromatic rings. The number of nitrogens with zero attached hydrogens (tertiary/aromatic N) is 1. The summed E-state index contributed by atoms with van der Waals surface area (Å²) in [5, 5.41) is 0.562. The minimum absolute atomic E-state index is 0.117. The van der Waals surface area contributed by atoms with Crippen LogP contribution in [0.25, 0.3) is 11.1 Å². The first-order valence-electron chi connectivity index (χ1n) is 8.64. The lowest BCUT2D eigenvalue weighted by Crippen LogP contribution is -2.42. The molecule has 6 nitrogen and oxygen atoms in total. The molecule has 0 fully saturated rings. The second-order valence-corrected chi connectivity index (χ2v) is 6.51. The standard InChI is InChI=1S/C20H20ClNO5/c1-4-20(3,18(23)24-5-2)27-15-9-7-14(8-10-15)25-19-22-16-11-6-13(21)12-17(16)26-19/h6-12H,4-5H2,1-3H3. The van der Waals surface area contributed by atoms with Gasteiger partial charge in [-0.05, 0) is 56.7 Å². The Morgan fingerprint density at radius 3 is 2.52 bits per heavy atom. The van der Waals surface area contributed by atoms with Crippen molar-refractivity contribution >= 4 is 28.7 Å². The van der Waals surface area contributed by atoms with E-state index in [2.05, 4.69) is 4.98 Å². The number of aromatic nitrogens is 1. The summed E-state index contributed by atoms with van der Waals surface area (Å²) in [6.45, 7) is 5.65. The molecule has 0 radical (unpaired) electrons. The van der Waals surface area contributed by atoms with Crippen LogP contribution in [-0.2, 0) is 9.53 Å². The smallest absolute Gasteiger partial charge is 0.400 e. The van der Waals surface area contributed by atoms with Gasteiger partial charge in [0.05, 0.1) is 6.61 Å². The molecule has 3 rings (SSSR count). The maximum Gasteiger partial charge on any atom is 0.400 e. The predicted octanol–water partition coefficient (Wildman–Crippen LogP) is 5.38. The van der Waals surface area contributed by atoms with Crippen LogP contribution in [0.1, 0.15) is 27.2 Å². The molecule has 7 heteroatoms. The van der Waals surface area contributed by atoms with Gasteiger partial charge in [-0.15, -0.1) is 0 Å². The molecule has 0 aliphatic rings. The van der Waals surface area contributed by atoms with E-state index in [1.54, 1.807) is 56.3 Å². The first-order valence-corrected chi connectivity index (χ1v) is 9.01. The number of esters is 1. The molecule has 0 saturated carbocycles. The zero-order valence-electron chi connectivity index (χ0n) is 15.3. The predicted molar refractivity (Wildman–Crippen MR) is 101 cm³/mol. The van der Waals surface area contributed by atoms with Crippen molar-refractivity contribution in [2.24, 2.45) is 0 Å². The molecule has 1 aromatic heterocycles. The van der Waals surface area contributed by atoms with E-state index in [-0.39, 0.29) is 6.08 Å². The van der Waals surface area contributed by atoms with Gasteiger partial charge >= 0.3 is 12.0 Å². The van der Waals surface area contributed by atoms with Crippen LogP contribution in [0.2, 0.25) is 5.02 Å². The van der Waals surface area contributed by atoms with Crippen molar-refractivity contribution in [1.29, 1.82) is 0 Å². The average molecular weight is 390 g/mol. The van der Waals surface area contributed by atoms with Crippen LogP contribution in [0.5, 0.6) is 17.6 Å². The van der Waals surface area contributed by atoms with Crippen LogP contribution < -0.4 is 9.47 Å². The summed E-state index contributed by atoms with van der Waals surface area (Å²) in [6.07, 6.45) is 0.598. The van der Waals surface area contributed by atoms with Gasteiger partial charge in [0, 0.05) is 11.1 Å². The molecule has 0 saturated heterocycles. The van der Waals surface area contributed by atoms with E-state index in [0.29, 0.717) is 40.6 Å². The topological polar surface area (TPSA) is 70.8 Å². The number of carbonyl (C=O) groups is 1. The Hall–Kier alpha value is -2.73. The van der Waals surface area contributed by atoms with Crippen molar-refractivity contribution in [3.8, 4) is 17.6 Å². The van der Waals surface area contributed by atoms with Crippen LogP contribution in [-0.4, -0.2) is 23.2 Å². The van der Waals surface area contributed by atoms with Gasteiger partial charge in [-0.1, -0.05) is 18.5 Å². The highest BCUT2D eigenvalue weighted by Crippen LogP contribution is 2.29. The number of oxazole rings is 1. The molecule has 0 aliphatic heterocycles. The van der Waals surface area contributed by atoms with E-state index in [9.17, 15) is 4.79 Å². The first-order chi connectivity index (χ1) is 12.9. The second kappa shape index (κ2) is 7.88. The normalized spacial score (nSPS) is 13.2. The van der Waals surface area contributed by atoms with E-state index in [4.69, 9.17) is 30.2 Å². The average Bonchev–Trinajstić information content (AvgIpc) is 3.04. The molecule has 1 heterocycles. The quantitative estimate of drug-likeness (QED) is 0.505. The largest absolute Gasteiger partial charge is 0.476 e. The van der Waals surface area contributed by atoms with Gasteiger partial charge in [0.2, 0.25) is 5.60 Å². The molecule has 0 aliphatic carbocycles. The number of benzene rings is 2. The zero-order chi connectivity index (χ0) is 19.4. The molecular weight excluding hydrogens is 370 g/mol. The number of hydrogen-bond acceptors (Lipinski definition) is 6. The van der Waals surface area contributed by atoms with Gasteiger partial charge in [-0.3, -0.25) is 0 Å². The Balaban J connectivity index is 1.71. The monoisotopic (exact) mass is 389 g/mol. The molecule has 0 bridgehead atoms. The summed E-state index contributed by atoms with van der Waals surface area (Å²) in [5.41, 5.74) is 0.158. The molecule has 0 amide bonds. The van der Waals surface area contributed by atoms with Gasteiger partial charge in [-0.2, -0.15) is 4.98 Å². The summed E-state index contributed by atoms with van der Waals surface area (Å²) < 4.78 is 22.1. The van der Waals surface area contributed by atoms with E-state index < -0.39 is 11.6 Å². The Morgan fingerprint density at radius 1 is 1.15 bits per heavy atom. The Morgan fingerprint density at radius 2 is 1.85 bits per heavy atom. The number of hydrogen-bond donors (Lipinski definition) is 0.